The van der Waals surface area contributed by atoms with Gasteiger partial charge < -0.3 is 21.7 Å². The van der Waals surface area contributed by atoms with Crippen molar-refractivity contribution in [1.82, 2.24) is 4.98 Å². The number of aliphatic hydroxyl groups excluding tert-OH is 2. The zero-order chi connectivity index (χ0) is 11.4. The van der Waals surface area contributed by atoms with Gasteiger partial charge in [-0.1, -0.05) is 11.6 Å². The predicted molar refractivity (Wildman–Crippen MR) is 58.3 cm³/mol. The molecule has 0 amide bonds. The lowest BCUT2D eigenvalue weighted by molar-refractivity contribution is 0.0149. The maximum absolute atomic E-state index is 9.72. The van der Waals surface area contributed by atoms with Crippen LogP contribution in [-0.4, -0.2) is 27.8 Å². The molecule has 6 N–H and O–H groups in total. The quantitative estimate of drug-likeness (QED) is 0.587. The maximum atomic E-state index is 9.72. The fraction of sp³-hybridized carbons (Fsp3) is 0.444. The Labute approximate surface area is 92.7 Å². The molecule has 6 heteroatoms. The van der Waals surface area contributed by atoms with E-state index in [2.05, 4.69) is 4.98 Å². The molecule has 1 heterocycles. The highest BCUT2D eigenvalue weighted by Crippen LogP contribution is 2.26. The smallest absolute Gasteiger partial charge is 0.124 e. The number of halogens is 1. The summed E-state index contributed by atoms with van der Waals surface area (Å²) in [6.45, 7) is 0.290. The number of aromatic nitrogens is 1. The van der Waals surface area contributed by atoms with Gasteiger partial charge in [-0.05, 0) is 19.0 Å². The van der Waals surface area contributed by atoms with Crippen LogP contribution in [0.15, 0.2) is 12.3 Å². The molecule has 0 bridgehead atoms. The van der Waals surface area contributed by atoms with E-state index in [1.165, 1.54) is 12.3 Å². The molecule has 2 atom stereocenters. The molecule has 2 unspecified atom stereocenters. The van der Waals surface area contributed by atoms with Crippen molar-refractivity contribution in [2.75, 3.05) is 12.3 Å². The van der Waals surface area contributed by atoms with Crippen LogP contribution in [0.5, 0.6) is 0 Å². The second-order valence-electron chi connectivity index (χ2n) is 3.22. The van der Waals surface area contributed by atoms with Gasteiger partial charge in [0, 0.05) is 11.8 Å². The first-order valence-corrected chi connectivity index (χ1v) is 4.91. The Morgan fingerprint density at radius 2 is 2.13 bits per heavy atom. The van der Waals surface area contributed by atoms with E-state index in [-0.39, 0.29) is 17.4 Å². The average Bonchev–Trinajstić information content (AvgIpc) is 2.17. The lowest BCUT2D eigenvalue weighted by Crippen LogP contribution is -2.22. The van der Waals surface area contributed by atoms with Crippen LogP contribution in [0.3, 0.4) is 0 Å². The average molecular weight is 232 g/mol. The molecule has 5 nitrogen and oxygen atoms in total. The van der Waals surface area contributed by atoms with E-state index in [9.17, 15) is 10.2 Å². The number of hydrogen-bond acceptors (Lipinski definition) is 5. The number of nitrogens with two attached hydrogens (primary N) is 2. The third kappa shape index (κ3) is 3.04. The number of rotatable bonds is 4. The van der Waals surface area contributed by atoms with Crippen LogP contribution in [0.2, 0.25) is 5.02 Å². The summed E-state index contributed by atoms with van der Waals surface area (Å²) < 4.78 is 0. The zero-order valence-corrected chi connectivity index (χ0v) is 8.85. The molecule has 1 aromatic heterocycles. The minimum absolute atomic E-state index is 0.268. The van der Waals surface area contributed by atoms with Gasteiger partial charge in [0.1, 0.15) is 11.9 Å². The van der Waals surface area contributed by atoms with Crippen molar-refractivity contribution in [3.8, 4) is 0 Å². The first kappa shape index (κ1) is 12.2. The summed E-state index contributed by atoms with van der Waals surface area (Å²) in [7, 11) is 0. The standard InChI is InChI=1S/C9H14ClN3O2/c10-6-3-8(12)13-4-5(6)9(15)7(14)1-2-11/h3-4,7,9,14-15H,1-2,11H2,(H2,12,13). The first-order chi connectivity index (χ1) is 7.06. The third-order valence-electron chi connectivity index (χ3n) is 2.05. The number of hydrogen-bond donors (Lipinski definition) is 4. The van der Waals surface area contributed by atoms with Crippen LogP contribution in [0.1, 0.15) is 18.1 Å². The van der Waals surface area contributed by atoms with Crippen LogP contribution >= 0.6 is 11.6 Å². The monoisotopic (exact) mass is 231 g/mol. The molecule has 0 spiro atoms. The molecule has 1 rings (SSSR count). The Balaban J connectivity index is 2.86. The predicted octanol–water partition coefficient (Wildman–Crippen LogP) is 0.0603. The van der Waals surface area contributed by atoms with E-state index in [0.717, 1.165) is 0 Å². The van der Waals surface area contributed by atoms with Gasteiger partial charge in [0.2, 0.25) is 0 Å². The Bertz CT molecular complexity index is 335. The Morgan fingerprint density at radius 3 is 2.67 bits per heavy atom. The molecular weight excluding hydrogens is 218 g/mol. The van der Waals surface area contributed by atoms with Crippen LogP contribution in [0.4, 0.5) is 5.82 Å². The molecule has 15 heavy (non-hydrogen) atoms. The molecule has 0 aromatic carbocycles. The third-order valence-corrected chi connectivity index (χ3v) is 2.38. The second-order valence-corrected chi connectivity index (χ2v) is 3.63. The fourth-order valence-electron chi connectivity index (χ4n) is 1.21. The van der Waals surface area contributed by atoms with Gasteiger partial charge in [0.15, 0.2) is 0 Å². The summed E-state index contributed by atoms with van der Waals surface area (Å²) in [4.78, 5) is 3.79. The van der Waals surface area contributed by atoms with Crippen LogP contribution < -0.4 is 11.5 Å². The minimum atomic E-state index is -1.09. The van der Waals surface area contributed by atoms with Crippen molar-refractivity contribution in [3.63, 3.8) is 0 Å². The van der Waals surface area contributed by atoms with Crippen molar-refractivity contribution in [1.29, 1.82) is 0 Å². The number of aliphatic hydroxyl groups is 2. The molecule has 0 saturated carbocycles. The van der Waals surface area contributed by atoms with Crippen molar-refractivity contribution in [2.45, 2.75) is 18.6 Å². The highest BCUT2D eigenvalue weighted by molar-refractivity contribution is 6.31. The van der Waals surface area contributed by atoms with Crippen molar-refractivity contribution in [3.05, 3.63) is 22.8 Å². The Kier molecular flexibility index (Phi) is 4.28. The molecule has 0 aliphatic rings. The zero-order valence-electron chi connectivity index (χ0n) is 8.10. The van der Waals surface area contributed by atoms with Crippen LogP contribution in [0, 0.1) is 0 Å². The van der Waals surface area contributed by atoms with E-state index in [1.54, 1.807) is 0 Å². The molecule has 1 aromatic rings. The summed E-state index contributed by atoms with van der Waals surface area (Å²) >= 11 is 5.85. The Hall–Kier alpha value is -0.880. The van der Waals surface area contributed by atoms with Gasteiger partial charge in [-0.25, -0.2) is 4.98 Å². The number of anilines is 1. The first-order valence-electron chi connectivity index (χ1n) is 4.53. The maximum Gasteiger partial charge on any atom is 0.124 e. The topological polar surface area (TPSA) is 105 Å². The number of pyridine rings is 1. The van der Waals surface area contributed by atoms with E-state index in [1.807, 2.05) is 0 Å². The molecule has 0 saturated heterocycles. The summed E-state index contributed by atoms with van der Waals surface area (Å²) in [5, 5.41) is 19.5. The largest absolute Gasteiger partial charge is 0.390 e. The molecular formula is C9H14ClN3O2. The highest BCUT2D eigenvalue weighted by Gasteiger charge is 2.20. The van der Waals surface area contributed by atoms with E-state index in [4.69, 9.17) is 23.1 Å². The van der Waals surface area contributed by atoms with Gasteiger partial charge in [-0.15, -0.1) is 0 Å². The summed E-state index contributed by atoms with van der Waals surface area (Å²) in [5.74, 6) is 0.268. The van der Waals surface area contributed by atoms with Gasteiger partial charge in [-0.3, -0.25) is 0 Å². The van der Waals surface area contributed by atoms with E-state index >= 15 is 0 Å². The van der Waals surface area contributed by atoms with Crippen molar-refractivity contribution in [2.24, 2.45) is 5.73 Å². The molecule has 84 valence electrons. The molecule has 0 aliphatic carbocycles. The van der Waals surface area contributed by atoms with Gasteiger partial charge in [0.05, 0.1) is 11.1 Å². The lowest BCUT2D eigenvalue weighted by atomic mass is 10.0. The highest BCUT2D eigenvalue weighted by atomic mass is 35.5. The fourth-order valence-corrected chi connectivity index (χ4v) is 1.48. The van der Waals surface area contributed by atoms with Crippen molar-refractivity contribution < 1.29 is 10.2 Å². The lowest BCUT2D eigenvalue weighted by Gasteiger charge is -2.18. The normalized spacial score (nSPS) is 14.9. The van der Waals surface area contributed by atoms with Gasteiger partial charge in [-0.2, -0.15) is 0 Å². The summed E-state index contributed by atoms with van der Waals surface area (Å²) in [6.07, 6.45) is -0.392. The van der Waals surface area contributed by atoms with Crippen LogP contribution in [-0.2, 0) is 0 Å². The Morgan fingerprint density at radius 1 is 1.47 bits per heavy atom. The molecule has 0 radical (unpaired) electrons. The summed E-state index contributed by atoms with van der Waals surface area (Å²) in [5.41, 5.74) is 11.0. The van der Waals surface area contributed by atoms with E-state index in [0.29, 0.717) is 12.0 Å². The molecule has 0 fully saturated rings. The SMILES string of the molecule is NCCC(O)C(O)c1cnc(N)cc1Cl. The van der Waals surface area contributed by atoms with Crippen LogP contribution in [0.25, 0.3) is 0 Å². The van der Waals surface area contributed by atoms with Gasteiger partial charge >= 0.3 is 0 Å². The second kappa shape index (κ2) is 5.27. The van der Waals surface area contributed by atoms with E-state index < -0.39 is 12.2 Å². The summed E-state index contributed by atoms with van der Waals surface area (Å²) in [6, 6.07) is 1.43. The van der Waals surface area contributed by atoms with Gasteiger partial charge in [0.25, 0.3) is 0 Å². The number of nitrogens with zero attached hydrogens (tertiary/aromatic N) is 1. The molecule has 0 aliphatic heterocycles. The number of nitrogen functional groups attached to an aromatic ring is 1. The van der Waals surface area contributed by atoms with Crippen molar-refractivity contribution >= 4 is 17.4 Å². The minimum Gasteiger partial charge on any atom is -0.390 e.